The van der Waals surface area contributed by atoms with Gasteiger partial charge in [-0.25, -0.2) is 0 Å². The van der Waals surface area contributed by atoms with Crippen molar-refractivity contribution in [3.05, 3.63) is 54.1 Å². The Balaban J connectivity index is 1.78. The highest BCUT2D eigenvalue weighted by Crippen LogP contribution is 2.24. The normalized spacial score (nSPS) is 10.6. The summed E-state index contributed by atoms with van der Waals surface area (Å²) < 4.78 is 10.5. The largest absolute Gasteiger partial charge is 0.495 e. The lowest BCUT2D eigenvalue weighted by molar-refractivity contribution is -0.138. The third-order valence-electron chi connectivity index (χ3n) is 3.97. The van der Waals surface area contributed by atoms with E-state index in [1.807, 2.05) is 17.6 Å². The lowest BCUT2D eigenvalue weighted by Crippen LogP contribution is -2.48. The van der Waals surface area contributed by atoms with E-state index in [0.717, 1.165) is 5.56 Å². The van der Waals surface area contributed by atoms with Gasteiger partial charge in [-0.05, 0) is 35.2 Å². The number of carbonyl (C=O) groups excluding carboxylic acids is 3. The summed E-state index contributed by atoms with van der Waals surface area (Å²) in [5, 5.41) is 2.40. The monoisotopic (exact) mass is 399 g/mol. The molecule has 0 atom stereocenters. The number of hydrazine groups is 1. The Morgan fingerprint density at radius 1 is 0.897 bits per heavy atom. The number of anilines is 1. The number of para-hydroxylation sites is 2. The minimum atomic E-state index is -1.03. The van der Waals surface area contributed by atoms with Gasteiger partial charge in [0.05, 0.1) is 12.8 Å². The molecule has 0 aliphatic heterocycles. The standard InChI is InChI=1S/C21H25N3O5/c1-21(2,3)14-9-11-15(12-10-14)29-13-18(25)23-24-20(27)19(26)22-16-7-5-6-8-17(16)28-4/h5-12H,13H2,1-4H3,(H,22,26)(H,23,25)(H,24,27). The SMILES string of the molecule is COc1ccccc1NC(=O)C(=O)NNC(=O)COc1ccc(C(C)(C)C)cc1. The van der Waals surface area contributed by atoms with Crippen molar-refractivity contribution in [2.45, 2.75) is 26.2 Å². The number of carbonyl (C=O) groups is 3. The summed E-state index contributed by atoms with van der Waals surface area (Å²) in [6, 6.07) is 14.0. The molecule has 2 aromatic carbocycles. The molecule has 8 nitrogen and oxygen atoms in total. The zero-order valence-corrected chi connectivity index (χ0v) is 16.9. The molecule has 0 spiro atoms. The van der Waals surface area contributed by atoms with Crippen molar-refractivity contribution in [1.29, 1.82) is 0 Å². The van der Waals surface area contributed by atoms with Crippen LogP contribution >= 0.6 is 0 Å². The van der Waals surface area contributed by atoms with E-state index < -0.39 is 17.7 Å². The first-order valence-corrected chi connectivity index (χ1v) is 8.97. The number of nitrogens with one attached hydrogen (secondary N) is 3. The molecule has 0 saturated heterocycles. The molecule has 0 aromatic heterocycles. The molecule has 0 aliphatic carbocycles. The van der Waals surface area contributed by atoms with Crippen molar-refractivity contribution >= 4 is 23.4 Å². The predicted molar refractivity (Wildman–Crippen MR) is 109 cm³/mol. The molecule has 0 heterocycles. The highest BCUT2D eigenvalue weighted by atomic mass is 16.5. The molecule has 29 heavy (non-hydrogen) atoms. The van der Waals surface area contributed by atoms with E-state index in [2.05, 4.69) is 31.5 Å². The van der Waals surface area contributed by atoms with E-state index in [4.69, 9.17) is 9.47 Å². The maximum absolute atomic E-state index is 11.9. The first kappa shape index (κ1) is 21.7. The second-order valence-electron chi connectivity index (χ2n) is 7.22. The number of methoxy groups -OCH3 is 1. The Morgan fingerprint density at radius 2 is 1.55 bits per heavy atom. The summed E-state index contributed by atoms with van der Waals surface area (Å²) in [5.74, 6) is -1.66. The van der Waals surface area contributed by atoms with E-state index in [0.29, 0.717) is 17.2 Å². The van der Waals surface area contributed by atoms with Gasteiger partial charge in [-0.2, -0.15) is 0 Å². The van der Waals surface area contributed by atoms with Crippen LogP contribution in [0.3, 0.4) is 0 Å². The van der Waals surface area contributed by atoms with Crippen molar-refractivity contribution in [2.75, 3.05) is 19.0 Å². The van der Waals surface area contributed by atoms with Crippen molar-refractivity contribution in [1.82, 2.24) is 10.9 Å². The summed E-state index contributed by atoms with van der Waals surface area (Å²) in [6.45, 7) is 5.98. The van der Waals surface area contributed by atoms with Gasteiger partial charge >= 0.3 is 11.8 Å². The Labute approximate surface area is 169 Å². The first-order chi connectivity index (χ1) is 13.7. The maximum Gasteiger partial charge on any atom is 0.328 e. The van der Waals surface area contributed by atoms with Gasteiger partial charge in [-0.15, -0.1) is 0 Å². The molecule has 3 amide bonds. The average Bonchev–Trinajstić information content (AvgIpc) is 2.70. The lowest BCUT2D eigenvalue weighted by atomic mass is 9.87. The second kappa shape index (κ2) is 9.59. The maximum atomic E-state index is 11.9. The molecule has 0 fully saturated rings. The molecular formula is C21H25N3O5. The van der Waals surface area contributed by atoms with Crippen LogP contribution < -0.4 is 25.6 Å². The lowest BCUT2D eigenvalue weighted by Gasteiger charge is -2.19. The average molecular weight is 399 g/mol. The Hall–Kier alpha value is -3.55. The zero-order valence-electron chi connectivity index (χ0n) is 16.9. The van der Waals surface area contributed by atoms with Gasteiger partial charge in [0.25, 0.3) is 5.91 Å². The quantitative estimate of drug-likeness (QED) is 0.528. The van der Waals surface area contributed by atoms with E-state index in [9.17, 15) is 14.4 Å². The van der Waals surface area contributed by atoms with E-state index >= 15 is 0 Å². The summed E-state index contributed by atoms with van der Waals surface area (Å²) in [7, 11) is 1.45. The molecule has 0 aliphatic rings. The fourth-order valence-corrected chi connectivity index (χ4v) is 2.35. The van der Waals surface area contributed by atoms with Crippen LogP contribution in [0.1, 0.15) is 26.3 Å². The van der Waals surface area contributed by atoms with Gasteiger partial charge in [-0.3, -0.25) is 25.2 Å². The third-order valence-corrected chi connectivity index (χ3v) is 3.97. The summed E-state index contributed by atoms with van der Waals surface area (Å²) >= 11 is 0. The molecule has 0 unspecified atom stereocenters. The van der Waals surface area contributed by atoms with E-state index in [1.54, 1.807) is 36.4 Å². The molecule has 0 radical (unpaired) electrons. The van der Waals surface area contributed by atoms with Crippen LogP contribution in [0.5, 0.6) is 11.5 Å². The number of benzene rings is 2. The van der Waals surface area contributed by atoms with Gasteiger partial charge in [0.2, 0.25) is 0 Å². The fraction of sp³-hybridized carbons (Fsp3) is 0.286. The van der Waals surface area contributed by atoms with Crippen LogP contribution in [0.15, 0.2) is 48.5 Å². The van der Waals surface area contributed by atoms with Crippen LogP contribution in [-0.4, -0.2) is 31.4 Å². The third kappa shape index (κ3) is 6.53. The Bertz CT molecular complexity index is 873. The number of amides is 3. The van der Waals surface area contributed by atoms with Gasteiger partial charge in [0.1, 0.15) is 11.5 Å². The molecule has 154 valence electrons. The fourth-order valence-electron chi connectivity index (χ4n) is 2.35. The van der Waals surface area contributed by atoms with E-state index in [1.165, 1.54) is 7.11 Å². The molecular weight excluding hydrogens is 374 g/mol. The molecule has 2 rings (SSSR count). The summed E-state index contributed by atoms with van der Waals surface area (Å²) in [5.41, 5.74) is 5.66. The van der Waals surface area contributed by atoms with Crippen molar-refractivity contribution in [3.63, 3.8) is 0 Å². The molecule has 0 saturated carbocycles. The zero-order chi connectivity index (χ0) is 21.4. The summed E-state index contributed by atoms with van der Waals surface area (Å²) in [6.07, 6.45) is 0. The predicted octanol–water partition coefficient (Wildman–Crippen LogP) is 2.16. The topological polar surface area (TPSA) is 106 Å². The van der Waals surface area contributed by atoms with Crippen molar-refractivity contribution in [3.8, 4) is 11.5 Å². The van der Waals surface area contributed by atoms with Crippen LogP contribution in [0, 0.1) is 0 Å². The number of ether oxygens (including phenoxy) is 2. The van der Waals surface area contributed by atoms with Gasteiger partial charge in [0, 0.05) is 0 Å². The number of hydrogen-bond donors (Lipinski definition) is 3. The second-order valence-corrected chi connectivity index (χ2v) is 7.22. The van der Waals surface area contributed by atoms with Crippen molar-refractivity contribution < 1.29 is 23.9 Å². The molecule has 2 aromatic rings. The van der Waals surface area contributed by atoms with Gasteiger partial charge < -0.3 is 14.8 Å². The molecule has 3 N–H and O–H groups in total. The summed E-state index contributed by atoms with van der Waals surface area (Å²) in [4.78, 5) is 35.6. The van der Waals surface area contributed by atoms with Crippen LogP contribution in [0.4, 0.5) is 5.69 Å². The molecule has 8 heteroatoms. The number of hydrogen-bond acceptors (Lipinski definition) is 5. The highest BCUT2D eigenvalue weighted by molar-refractivity contribution is 6.39. The Kier molecular flexibility index (Phi) is 7.19. The van der Waals surface area contributed by atoms with E-state index in [-0.39, 0.29) is 12.0 Å². The minimum Gasteiger partial charge on any atom is -0.495 e. The van der Waals surface area contributed by atoms with Crippen LogP contribution in [0.2, 0.25) is 0 Å². The first-order valence-electron chi connectivity index (χ1n) is 8.97. The highest BCUT2D eigenvalue weighted by Gasteiger charge is 2.17. The van der Waals surface area contributed by atoms with Crippen LogP contribution in [-0.2, 0) is 19.8 Å². The van der Waals surface area contributed by atoms with Crippen LogP contribution in [0.25, 0.3) is 0 Å². The van der Waals surface area contributed by atoms with Crippen molar-refractivity contribution in [2.24, 2.45) is 0 Å². The minimum absolute atomic E-state index is 0.0184. The Morgan fingerprint density at radius 3 is 2.17 bits per heavy atom. The smallest absolute Gasteiger partial charge is 0.328 e. The van der Waals surface area contributed by atoms with Gasteiger partial charge in [0.15, 0.2) is 6.61 Å². The number of rotatable bonds is 5. The molecule has 0 bridgehead atoms. The van der Waals surface area contributed by atoms with Gasteiger partial charge in [-0.1, -0.05) is 45.0 Å².